The lowest BCUT2D eigenvalue weighted by molar-refractivity contribution is 0.270. The van der Waals surface area contributed by atoms with Gasteiger partial charge < -0.3 is 4.74 Å². The van der Waals surface area contributed by atoms with Crippen LogP contribution in [0, 0.1) is 5.92 Å². The van der Waals surface area contributed by atoms with E-state index in [2.05, 4.69) is 20.4 Å². The Kier molecular flexibility index (Phi) is 4.02. The van der Waals surface area contributed by atoms with E-state index in [1.54, 1.807) is 6.08 Å². The van der Waals surface area contributed by atoms with Gasteiger partial charge in [-0.1, -0.05) is 50.2 Å². The average Bonchev–Trinajstić information content (AvgIpc) is 2.15. The maximum Gasteiger partial charge on any atom is 0.145 e. The fourth-order valence-corrected chi connectivity index (χ4v) is 1.32. The van der Waals surface area contributed by atoms with Gasteiger partial charge in [-0.05, 0) is 12.0 Å². The van der Waals surface area contributed by atoms with E-state index in [4.69, 9.17) is 16.3 Å². The summed E-state index contributed by atoms with van der Waals surface area (Å²) >= 11 is 6.02. The van der Waals surface area contributed by atoms with Gasteiger partial charge in [-0.25, -0.2) is 0 Å². The van der Waals surface area contributed by atoms with Crippen molar-refractivity contribution in [3.05, 3.63) is 35.4 Å². The second-order valence-corrected chi connectivity index (χ2v) is 3.97. The van der Waals surface area contributed by atoms with E-state index >= 15 is 0 Å². The zero-order chi connectivity index (χ0) is 10.6. The number of ether oxygens (including phenoxy) is 1. The third-order valence-corrected chi connectivity index (χ3v) is 2.08. The molecule has 0 aliphatic rings. The molecule has 0 atom stereocenters. The van der Waals surface area contributed by atoms with E-state index in [0.717, 1.165) is 11.3 Å². The van der Waals surface area contributed by atoms with Crippen molar-refractivity contribution in [3.8, 4) is 5.75 Å². The van der Waals surface area contributed by atoms with Crippen LogP contribution in [-0.4, -0.2) is 6.61 Å². The van der Waals surface area contributed by atoms with Gasteiger partial charge in [0.05, 0.1) is 11.6 Å². The molecule has 0 saturated carbocycles. The molecule has 0 saturated heterocycles. The van der Waals surface area contributed by atoms with Crippen molar-refractivity contribution < 1.29 is 4.74 Å². The fourth-order valence-electron chi connectivity index (χ4n) is 1.09. The molecule has 1 rings (SSSR count). The van der Waals surface area contributed by atoms with Crippen LogP contribution in [0.2, 0.25) is 5.02 Å². The van der Waals surface area contributed by atoms with E-state index in [1.807, 2.05) is 18.2 Å². The molecule has 1 aromatic rings. The number of rotatable bonds is 4. The van der Waals surface area contributed by atoms with Gasteiger partial charge in [0, 0.05) is 5.56 Å². The zero-order valence-electron chi connectivity index (χ0n) is 8.59. The summed E-state index contributed by atoms with van der Waals surface area (Å²) in [6, 6.07) is 5.65. The van der Waals surface area contributed by atoms with Gasteiger partial charge in [0.15, 0.2) is 0 Å². The highest BCUT2D eigenvalue weighted by Gasteiger charge is 2.06. The van der Waals surface area contributed by atoms with Crippen LogP contribution in [0.5, 0.6) is 5.75 Å². The van der Waals surface area contributed by atoms with Crippen LogP contribution in [0.25, 0.3) is 6.08 Å². The predicted octanol–water partition coefficient (Wildman–Crippen LogP) is 4.02. The van der Waals surface area contributed by atoms with Gasteiger partial charge >= 0.3 is 0 Å². The highest BCUT2D eigenvalue weighted by Crippen LogP contribution is 2.29. The van der Waals surface area contributed by atoms with Gasteiger partial charge in [-0.2, -0.15) is 0 Å². The minimum absolute atomic E-state index is 0.490. The van der Waals surface area contributed by atoms with Crippen molar-refractivity contribution >= 4 is 17.7 Å². The van der Waals surface area contributed by atoms with E-state index in [9.17, 15) is 0 Å². The highest BCUT2D eigenvalue weighted by molar-refractivity contribution is 6.32. The second kappa shape index (κ2) is 5.06. The van der Waals surface area contributed by atoms with Crippen molar-refractivity contribution in [3.63, 3.8) is 0 Å². The highest BCUT2D eigenvalue weighted by atomic mass is 35.5. The molecule has 0 N–H and O–H groups in total. The lowest BCUT2D eigenvalue weighted by Crippen LogP contribution is -2.05. The Morgan fingerprint density at radius 3 is 2.79 bits per heavy atom. The molecular weight excluding hydrogens is 196 g/mol. The number of hydrogen-bond donors (Lipinski definition) is 0. The Bertz CT molecular complexity index is 318. The molecule has 2 heteroatoms. The zero-order valence-corrected chi connectivity index (χ0v) is 9.34. The molecule has 0 aliphatic carbocycles. The molecule has 0 bridgehead atoms. The van der Waals surface area contributed by atoms with Crippen molar-refractivity contribution in [2.75, 3.05) is 6.61 Å². The van der Waals surface area contributed by atoms with Crippen molar-refractivity contribution in [2.24, 2.45) is 5.92 Å². The van der Waals surface area contributed by atoms with Gasteiger partial charge in [0.2, 0.25) is 0 Å². The summed E-state index contributed by atoms with van der Waals surface area (Å²) in [4.78, 5) is 0. The Morgan fingerprint density at radius 1 is 1.50 bits per heavy atom. The second-order valence-electron chi connectivity index (χ2n) is 3.57. The van der Waals surface area contributed by atoms with Crippen LogP contribution >= 0.6 is 11.6 Å². The van der Waals surface area contributed by atoms with Crippen LogP contribution in [0.3, 0.4) is 0 Å². The van der Waals surface area contributed by atoms with Gasteiger partial charge in [-0.3, -0.25) is 0 Å². The van der Waals surface area contributed by atoms with Crippen LogP contribution in [0.4, 0.5) is 0 Å². The third kappa shape index (κ3) is 2.78. The SMILES string of the molecule is C=Cc1cccc(Cl)c1OCC(C)C. The van der Waals surface area contributed by atoms with Crippen molar-refractivity contribution in [2.45, 2.75) is 13.8 Å². The topological polar surface area (TPSA) is 9.23 Å². The Hall–Kier alpha value is -0.950. The van der Waals surface area contributed by atoms with E-state index in [0.29, 0.717) is 17.5 Å². The monoisotopic (exact) mass is 210 g/mol. The van der Waals surface area contributed by atoms with Crippen LogP contribution in [-0.2, 0) is 0 Å². The largest absolute Gasteiger partial charge is 0.491 e. The molecule has 0 radical (unpaired) electrons. The first-order valence-electron chi connectivity index (χ1n) is 4.69. The van der Waals surface area contributed by atoms with Gasteiger partial charge in [0.1, 0.15) is 5.75 Å². The summed E-state index contributed by atoms with van der Waals surface area (Å²) in [6.07, 6.45) is 1.75. The molecule has 0 spiro atoms. The van der Waals surface area contributed by atoms with E-state index < -0.39 is 0 Å². The molecule has 0 unspecified atom stereocenters. The lowest BCUT2D eigenvalue weighted by atomic mass is 10.2. The lowest BCUT2D eigenvalue weighted by Gasteiger charge is -2.12. The summed E-state index contributed by atoms with van der Waals surface area (Å²) in [6.45, 7) is 8.60. The molecule has 14 heavy (non-hydrogen) atoms. The Labute approximate surface area is 90.3 Å². The van der Waals surface area contributed by atoms with Crippen LogP contribution in [0.15, 0.2) is 24.8 Å². The summed E-state index contributed by atoms with van der Waals surface area (Å²) in [5.41, 5.74) is 0.943. The Morgan fingerprint density at radius 2 is 2.21 bits per heavy atom. The molecule has 76 valence electrons. The summed E-state index contributed by atoms with van der Waals surface area (Å²) in [5, 5.41) is 0.642. The summed E-state index contributed by atoms with van der Waals surface area (Å²) in [5.74, 6) is 1.22. The molecule has 0 heterocycles. The van der Waals surface area contributed by atoms with Crippen LogP contribution < -0.4 is 4.74 Å². The minimum atomic E-state index is 0.490. The van der Waals surface area contributed by atoms with E-state index in [-0.39, 0.29) is 0 Å². The maximum atomic E-state index is 6.02. The van der Waals surface area contributed by atoms with E-state index in [1.165, 1.54) is 0 Å². The summed E-state index contributed by atoms with van der Waals surface area (Å²) < 4.78 is 5.62. The first-order chi connectivity index (χ1) is 6.65. The minimum Gasteiger partial charge on any atom is -0.491 e. The number of halogens is 1. The predicted molar refractivity (Wildman–Crippen MR) is 61.9 cm³/mol. The number of hydrogen-bond acceptors (Lipinski definition) is 1. The van der Waals surface area contributed by atoms with Crippen LogP contribution in [0.1, 0.15) is 19.4 Å². The number of para-hydroxylation sites is 1. The number of benzene rings is 1. The Balaban J connectivity index is 2.87. The van der Waals surface area contributed by atoms with Crippen molar-refractivity contribution in [1.82, 2.24) is 0 Å². The fraction of sp³-hybridized carbons (Fsp3) is 0.333. The van der Waals surface area contributed by atoms with Gasteiger partial charge in [0.25, 0.3) is 0 Å². The summed E-state index contributed by atoms with van der Waals surface area (Å²) in [7, 11) is 0. The normalized spacial score (nSPS) is 10.3. The van der Waals surface area contributed by atoms with Gasteiger partial charge in [-0.15, -0.1) is 0 Å². The molecule has 0 amide bonds. The molecule has 0 aromatic heterocycles. The maximum absolute atomic E-state index is 6.02. The first-order valence-corrected chi connectivity index (χ1v) is 5.06. The molecule has 1 aromatic carbocycles. The first kappa shape index (κ1) is 11.1. The molecule has 0 fully saturated rings. The third-order valence-electron chi connectivity index (χ3n) is 1.78. The molecule has 0 aliphatic heterocycles. The quantitative estimate of drug-likeness (QED) is 0.730. The average molecular weight is 211 g/mol. The standard InChI is InChI=1S/C12H15ClO/c1-4-10-6-5-7-11(13)12(10)14-8-9(2)3/h4-7,9H,1,8H2,2-3H3. The van der Waals surface area contributed by atoms with Crippen molar-refractivity contribution in [1.29, 1.82) is 0 Å². The smallest absolute Gasteiger partial charge is 0.145 e. The molecule has 1 nitrogen and oxygen atoms in total. The molecular formula is C12H15ClO.